The zero-order chi connectivity index (χ0) is 14.9. The molecule has 3 rings (SSSR count). The lowest BCUT2D eigenvalue weighted by molar-refractivity contribution is -0.139. The van der Waals surface area contributed by atoms with Gasteiger partial charge in [0.15, 0.2) is 11.5 Å². The predicted octanol–water partition coefficient (Wildman–Crippen LogP) is 1.42. The lowest BCUT2D eigenvalue weighted by Gasteiger charge is -2.28. The Morgan fingerprint density at radius 2 is 2.10 bits per heavy atom. The standard InChI is InChI=1S/C16H22N2O3/c1-16(5-6-17-11-16)15(19)18(2)10-12-3-4-13-14(9-12)21-8-7-20-13/h3-4,9,17H,5-8,10-11H2,1-2H3. The van der Waals surface area contributed by atoms with E-state index >= 15 is 0 Å². The number of carbonyl (C=O) groups is 1. The highest BCUT2D eigenvalue weighted by atomic mass is 16.6. The summed E-state index contributed by atoms with van der Waals surface area (Å²) in [7, 11) is 1.86. The van der Waals surface area contributed by atoms with Gasteiger partial charge >= 0.3 is 0 Å². The van der Waals surface area contributed by atoms with E-state index < -0.39 is 0 Å². The average molecular weight is 290 g/mol. The van der Waals surface area contributed by atoms with E-state index in [2.05, 4.69) is 5.32 Å². The normalized spacial score (nSPS) is 23.9. The van der Waals surface area contributed by atoms with Crippen molar-refractivity contribution < 1.29 is 14.3 Å². The van der Waals surface area contributed by atoms with Crippen LogP contribution < -0.4 is 14.8 Å². The molecule has 0 saturated carbocycles. The first-order valence-corrected chi connectivity index (χ1v) is 7.43. The number of hydrogen-bond donors (Lipinski definition) is 1. The summed E-state index contributed by atoms with van der Waals surface area (Å²) in [6.07, 6.45) is 0.900. The highest BCUT2D eigenvalue weighted by Crippen LogP contribution is 2.32. The second-order valence-electron chi connectivity index (χ2n) is 6.13. The summed E-state index contributed by atoms with van der Waals surface area (Å²) in [5.41, 5.74) is 0.785. The van der Waals surface area contributed by atoms with Gasteiger partial charge in [0.2, 0.25) is 5.91 Å². The van der Waals surface area contributed by atoms with Gasteiger partial charge in [0.1, 0.15) is 13.2 Å². The van der Waals surface area contributed by atoms with E-state index in [9.17, 15) is 4.79 Å². The van der Waals surface area contributed by atoms with Crippen molar-refractivity contribution in [3.8, 4) is 11.5 Å². The first-order valence-electron chi connectivity index (χ1n) is 7.43. The maximum atomic E-state index is 12.6. The third kappa shape index (κ3) is 2.83. The smallest absolute Gasteiger partial charge is 0.229 e. The molecule has 0 radical (unpaired) electrons. The number of fused-ring (bicyclic) bond motifs is 1. The van der Waals surface area contributed by atoms with Crippen LogP contribution in [0.4, 0.5) is 0 Å². The van der Waals surface area contributed by atoms with Crippen LogP contribution in [0.25, 0.3) is 0 Å². The Bertz CT molecular complexity index is 538. The lowest BCUT2D eigenvalue weighted by Crippen LogP contribution is -2.41. The first-order chi connectivity index (χ1) is 10.1. The SMILES string of the molecule is CN(Cc1ccc2c(c1)OCCO2)C(=O)C1(C)CCNC1. The predicted molar refractivity (Wildman–Crippen MR) is 79.5 cm³/mol. The van der Waals surface area contributed by atoms with E-state index in [-0.39, 0.29) is 11.3 Å². The van der Waals surface area contributed by atoms with Crippen molar-refractivity contribution >= 4 is 5.91 Å². The van der Waals surface area contributed by atoms with Crippen LogP contribution in [-0.2, 0) is 11.3 Å². The van der Waals surface area contributed by atoms with Gasteiger partial charge in [-0.05, 0) is 37.6 Å². The lowest BCUT2D eigenvalue weighted by atomic mass is 9.88. The van der Waals surface area contributed by atoms with Crippen molar-refractivity contribution in [3.63, 3.8) is 0 Å². The van der Waals surface area contributed by atoms with Gasteiger partial charge in [0.05, 0.1) is 5.41 Å². The molecule has 5 heteroatoms. The van der Waals surface area contributed by atoms with Gasteiger partial charge in [-0.1, -0.05) is 6.07 Å². The fourth-order valence-corrected chi connectivity index (χ4v) is 2.99. The minimum atomic E-state index is -0.275. The minimum absolute atomic E-state index is 0.197. The van der Waals surface area contributed by atoms with Crippen molar-refractivity contribution in [2.45, 2.75) is 19.9 Å². The Morgan fingerprint density at radius 3 is 2.81 bits per heavy atom. The summed E-state index contributed by atoms with van der Waals surface area (Å²) in [6.45, 7) is 5.48. The molecule has 1 aromatic rings. The maximum absolute atomic E-state index is 12.6. The second kappa shape index (κ2) is 5.56. The molecule has 2 aliphatic rings. The second-order valence-corrected chi connectivity index (χ2v) is 6.13. The quantitative estimate of drug-likeness (QED) is 0.914. The number of nitrogens with one attached hydrogen (secondary N) is 1. The first kappa shape index (κ1) is 14.2. The van der Waals surface area contributed by atoms with Gasteiger partial charge < -0.3 is 19.7 Å². The molecule has 1 unspecified atom stereocenters. The molecule has 5 nitrogen and oxygen atoms in total. The van der Waals surface area contributed by atoms with Crippen LogP contribution in [0.3, 0.4) is 0 Å². The van der Waals surface area contributed by atoms with Crippen molar-refractivity contribution in [2.24, 2.45) is 5.41 Å². The number of benzene rings is 1. The number of ether oxygens (including phenoxy) is 2. The molecule has 1 atom stereocenters. The molecule has 114 valence electrons. The van der Waals surface area contributed by atoms with Crippen LogP contribution in [0, 0.1) is 5.41 Å². The topological polar surface area (TPSA) is 50.8 Å². The fraction of sp³-hybridized carbons (Fsp3) is 0.562. The average Bonchev–Trinajstić information content (AvgIpc) is 2.94. The van der Waals surface area contributed by atoms with Gasteiger partial charge in [0.25, 0.3) is 0 Å². The third-order valence-electron chi connectivity index (χ3n) is 4.26. The van der Waals surface area contributed by atoms with E-state index in [0.717, 1.165) is 36.6 Å². The van der Waals surface area contributed by atoms with Gasteiger partial charge in [-0.3, -0.25) is 4.79 Å². The number of amides is 1. The maximum Gasteiger partial charge on any atom is 0.229 e. The van der Waals surface area contributed by atoms with Gasteiger partial charge in [0, 0.05) is 20.1 Å². The minimum Gasteiger partial charge on any atom is -0.486 e. The summed E-state index contributed by atoms with van der Waals surface area (Å²) >= 11 is 0. The largest absolute Gasteiger partial charge is 0.486 e. The Hall–Kier alpha value is -1.75. The van der Waals surface area contributed by atoms with Crippen LogP contribution in [-0.4, -0.2) is 44.2 Å². The molecule has 1 amide bonds. The summed E-state index contributed by atoms with van der Waals surface area (Å²) < 4.78 is 11.1. The van der Waals surface area contributed by atoms with Crippen molar-refractivity contribution in [3.05, 3.63) is 23.8 Å². The molecule has 0 aromatic heterocycles. The van der Waals surface area contributed by atoms with Gasteiger partial charge in [-0.25, -0.2) is 0 Å². The van der Waals surface area contributed by atoms with Crippen molar-refractivity contribution in [1.29, 1.82) is 0 Å². The van der Waals surface area contributed by atoms with Crippen LogP contribution in [0.2, 0.25) is 0 Å². The van der Waals surface area contributed by atoms with Crippen molar-refractivity contribution in [2.75, 3.05) is 33.4 Å². The van der Waals surface area contributed by atoms with Crippen LogP contribution in [0.1, 0.15) is 18.9 Å². The van der Waals surface area contributed by atoms with E-state index in [1.165, 1.54) is 0 Å². The molecule has 2 heterocycles. The number of hydrogen-bond acceptors (Lipinski definition) is 4. The molecular weight excluding hydrogens is 268 g/mol. The molecule has 1 aromatic carbocycles. The Morgan fingerprint density at radius 1 is 1.33 bits per heavy atom. The highest BCUT2D eigenvalue weighted by Gasteiger charge is 2.38. The monoisotopic (exact) mass is 290 g/mol. The van der Waals surface area contributed by atoms with Crippen LogP contribution in [0.5, 0.6) is 11.5 Å². The zero-order valence-corrected chi connectivity index (χ0v) is 12.6. The molecule has 1 saturated heterocycles. The Labute approximate surface area is 125 Å². The van der Waals surface area contributed by atoms with Crippen LogP contribution in [0.15, 0.2) is 18.2 Å². The molecular formula is C16H22N2O3. The molecule has 2 aliphatic heterocycles. The van der Waals surface area contributed by atoms with Gasteiger partial charge in [-0.15, -0.1) is 0 Å². The number of nitrogens with zero attached hydrogens (tertiary/aromatic N) is 1. The molecule has 21 heavy (non-hydrogen) atoms. The summed E-state index contributed by atoms with van der Waals surface area (Å²) in [5, 5.41) is 3.27. The number of carbonyl (C=O) groups excluding carboxylic acids is 1. The molecule has 1 N–H and O–H groups in total. The van der Waals surface area contributed by atoms with Crippen LogP contribution >= 0.6 is 0 Å². The Kier molecular flexibility index (Phi) is 3.76. The Balaban J connectivity index is 1.69. The molecule has 0 aliphatic carbocycles. The fourth-order valence-electron chi connectivity index (χ4n) is 2.99. The molecule has 1 fully saturated rings. The molecule has 0 bridgehead atoms. The third-order valence-corrected chi connectivity index (χ3v) is 4.26. The van der Waals surface area contributed by atoms with E-state index in [4.69, 9.17) is 9.47 Å². The van der Waals surface area contributed by atoms with Crippen molar-refractivity contribution in [1.82, 2.24) is 10.2 Å². The van der Waals surface area contributed by atoms with E-state index in [1.54, 1.807) is 4.90 Å². The van der Waals surface area contributed by atoms with E-state index in [0.29, 0.717) is 19.8 Å². The number of rotatable bonds is 3. The van der Waals surface area contributed by atoms with E-state index in [1.807, 2.05) is 32.2 Å². The van der Waals surface area contributed by atoms with Gasteiger partial charge in [-0.2, -0.15) is 0 Å². The molecule has 0 spiro atoms. The zero-order valence-electron chi connectivity index (χ0n) is 12.6. The highest BCUT2D eigenvalue weighted by molar-refractivity contribution is 5.82. The summed E-state index contributed by atoms with van der Waals surface area (Å²) in [5.74, 6) is 1.75. The summed E-state index contributed by atoms with van der Waals surface area (Å²) in [6, 6.07) is 5.88. The summed E-state index contributed by atoms with van der Waals surface area (Å²) in [4.78, 5) is 14.4.